The minimum Gasteiger partial charge on any atom is -0.492 e. The zero-order valence-corrected chi connectivity index (χ0v) is 22.0. The van der Waals surface area contributed by atoms with Crippen molar-refractivity contribution in [2.24, 2.45) is 0 Å². The highest BCUT2D eigenvalue weighted by atomic mass is 35.5. The molecule has 0 atom stereocenters. The Balaban J connectivity index is 1.45. The number of carbonyl (C=O) groups excluding carboxylic acids is 2. The summed E-state index contributed by atoms with van der Waals surface area (Å²) in [7, 11) is 0. The second kappa shape index (κ2) is 12.4. The van der Waals surface area contributed by atoms with E-state index in [9.17, 15) is 14.0 Å². The van der Waals surface area contributed by atoms with E-state index in [1.807, 2.05) is 19.1 Å². The van der Waals surface area contributed by atoms with Crippen LogP contribution in [0.2, 0.25) is 10.0 Å². The lowest BCUT2D eigenvalue weighted by Gasteiger charge is -2.15. The van der Waals surface area contributed by atoms with E-state index in [-0.39, 0.29) is 30.5 Å². The number of benzene rings is 3. The molecule has 3 aromatic carbocycles. The Hall–Kier alpha value is -3.20. The Labute approximate surface area is 227 Å². The minimum atomic E-state index is -0.435. The number of hydrogen-bond acceptors (Lipinski definition) is 6. The summed E-state index contributed by atoms with van der Waals surface area (Å²) in [6.07, 6.45) is 1.59. The van der Waals surface area contributed by atoms with E-state index in [0.29, 0.717) is 39.5 Å². The van der Waals surface area contributed by atoms with Crippen LogP contribution < -0.4 is 14.2 Å². The predicted molar refractivity (Wildman–Crippen MR) is 143 cm³/mol. The number of carbonyl (C=O) groups is 2. The lowest BCUT2D eigenvalue weighted by molar-refractivity contribution is -0.123. The van der Waals surface area contributed by atoms with Crippen LogP contribution in [-0.2, 0) is 11.4 Å². The summed E-state index contributed by atoms with van der Waals surface area (Å²) in [6.45, 7) is 2.61. The zero-order valence-electron chi connectivity index (χ0n) is 19.7. The van der Waals surface area contributed by atoms with Crippen LogP contribution in [0.3, 0.4) is 0 Å². The molecule has 192 valence electrons. The quantitative estimate of drug-likeness (QED) is 0.243. The Morgan fingerprint density at radius 1 is 0.973 bits per heavy atom. The molecular weight excluding hydrogens is 540 g/mol. The highest BCUT2D eigenvalue weighted by Crippen LogP contribution is 2.39. The van der Waals surface area contributed by atoms with Crippen LogP contribution in [0.15, 0.2) is 65.6 Å². The van der Waals surface area contributed by atoms with E-state index in [4.69, 9.17) is 37.4 Å². The van der Waals surface area contributed by atoms with Crippen LogP contribution >= 0.6 is 35.0 Å². The number of nitrogens with zero attached hydrogens (tertiary/aromatic N) is 1. The van der Waals surface area contributed by atoms with Gasteiger partial charge in [0, 0.05) is 5.02 Å². The molecule has 37 heavy (non-hydrogen) atoms. The summed E-state index contributed by atoms with van der Waals surface area (Å²) in [5.41, 5.74) is 1.49. The van der Waals surface area contributed by atoms with Crippen LogP contribution in [0, 0.1) is 5.82 Å². The van der Waals surface area contributed by atoms with Crippen molar-refractivity contribution < 1.29 is 28.2 Å². The van der Waals surface area contributed by atoms with E-state index in [2.05, 4.69) is 0 Å². The third-order valence-electron chi connectivity index (χ3n) is 5.20. The average molecular weight is 562 g/mol. The molecule has 0 bridgehead atoms. The monoisotopic (exact) mass is 561 g/mol. The van der Waals surface area contributed by atoms with Crippen LogP contribution in [0.25, 0.3) is 6.08 Å². The van der Waals surface area contributed by atoms with Gasteiger partial charge in [0.05, 0.1) is 23.1 Å². The van der Waals surface area contributed by atoms with Crippen molar-refractivity contribution >= 4 is 52.2 Å². The summed E-state index contributed by atoms with van der Waals surface area (Å²) >= 11 is 13.3. The van der Waals surface area contributed by atoms with Gasteiger partial charge in [-0.3, -0.25) is 14.5 Å². The van der Waals surface area contributed by atoms with Crippen molar-refractivity contribution in [2.75, 3.05) is 19.8 Å². The number of ether oxygens (including phenoxy) is 3. The van der Waals surface area contributed by atoms with Gasteiger partial charge in [0.1, 0.15) is 24.8 Å². The molecule has 1 heterocycles. The number of hydrogen-bond donors (Lipinski definition) is 0. The first-order valence-corrected chi connectivity index (χ1v) is 12.9. The van der Waals surface area contributed by atoms with Crippen molar-refractivity contribution in [2.45, 2.75) is 13.5 Å². The molecule has 2 amide bonds. The van der Waals surface area contributed by atoms with E-state index in [1.165, 1.54) is 24.3 Å². The lowest BCUT2D eigenvalue weighted by atomic mass is 10.1. The maximum atomic E-state index is 13.0. The number of thioether (sulfide) groups is 1. The third kappa shape index (κ3) is 6.97. The molecule has 0 N–H and O–H groups in total. The number of halogens is 3. The van der Waals surface area contributed by atoms with Gasteiger partial charge in [-0.1, -0.05) is 35.3 Å². The molecule has 1 aliphatic heterocycles. The van der Waals surface area contributed by atoms with Crippen LogP contribution in [0.1, 0.15) is 18.1 Å². The zero-order chi connectivity index (χ0) is 26.4. The lowest BCUT2D eigenvalue weighted by Crippen LogP contribution is -2.32. The second-order valence-corrected chi connectivity index (χ2v) is 9.65. The standard InChI is InChI=1S/C27H22Cl2FNO5S/c1-2-34-23-14-18(13-22(29)25(23)36-16-17-3-5-19(28)6-4-17)15-24-26(32)31(27(33)37-24)11-12-35-21-9-7-20(30)8-10-21/h3-10,13-15H,2,11-12,16H2,1H3/b24-15-. The number of imide groups is 1. The molecule has 0 saturated carbocycles. The van der Waals surface area contributed by atoms with Crippen LogP contribution in [0.5, 0.6) is 17.2 Å². The van der Waals surface area contributed by atoms with Crippen LogP contribution in [0.4, 0.5) is 9.18 Å². The molecule has 6 nitrogen and oxygen atoms in total. The molecule has 1 saturated heterocycles. The molecular formula is C27H22Cl2FNO5S. The third-order valence-corrected chi connectivity index (χ3v) is 6.64. The summed E-state index contributed by atoms with van der Waals surface area (Å²) < 4.78 is 30.2. The minimum absolute atomic E-state index is 0.0574. The van der Waals surface area contributed by atoms with Crippen molar-refractivity contribution in [3.05, 3.63) is 92.6 Å². The van der Waals surface area contributed by atoms with Gasteiger partial charge in [-0.25, -0.2) is 4.39 Å². The molecule has 1 fully saturated rings. The van der Waals surface area contributed by atoms with Gasteiger partial charge in [0.25, 0.3) is 11.1 Å². The molecule has 0 aliphatic carbocycles. The molecule has 10 heteroatoms. The Morgan fingerprint density at radius 2 is 1.70 bits per heavy atom. The topological polar surface area (TPSA) is 65.1 Å². The van der Waals surface area contributed by atoms with Crippen molar-refractivity contribution in [3.63, 3.8) is 0 Å². The first-order valence-electron chi connectivity index (χ1n) is 11.3. The predicted octanol–water partition coefficient (Wildman–Crippen LogP) is 7.23. The Bertz CT molecular complexity index is 1320. The van der Waals surface area contributed by atoms with Crippen molar-refractivity contribution in [1.29, 1.82) is 0 Å². The fourth-order valence-electron chi connectivity index (χ4n) is 3.44. The van der Waals surface area contributed by atoms with Crippen LogP contribution in [-0.4, -0.2) is 35.8 Å². The largest absolute Gasteiger partial charge is 0.492 e. The normalized spacial score (nSPS) is 14.4. The van der Waals surface area contributed by atoms with Gasteiger partial charge in [-0.15, -0.1) is 0 Å². The highest BCUT2D eigenvalue weighted by Gasteiger charge is 2.35. The van der Waals surface area contributed by atoms with E-state index < -0.39 is 11.1 Å². The average Bonchev–Trinajstić information content (AvgIpc) is 3.13. The molecule has 0 radical (unpaired) electrons. The van der Waals surface area contributed by atoms with Gasteiger partial charge >= 0.3 is 0 Å². The fraction of sp³-hybridized carbons (Fsp3) is 0.185. The maximum Gasteiger partial charge on any atom is 0.293 e. The first-order chi connectivity index (χ1) is 17.8. The van der Waals surface area contributed by atoms with E-state index in [1.54, 1.807) is 30.3 Å². The molecule has 0 aromatic heterocycles. The first kappa shape index (κ1) is 26.9. The SMILES string of the molecule is CCOc1cc(/C=C2\SC(=O)N(CCOc3ccc(F)cc3)C2=O)cc(Cl)c1OCc1ccc(Cl)cc1. The Morgan fingerprint density at radius 3 is 2.41 bits per heavy atom. The smallest absolute Gasteiger partial charge is 0.293 e. The van der Waals surface area contributed by atoms with Gasteiger partial charge in [-0.05, 0) is 84.4 Å². The van der Waals surface area contributed by atoms with Gasteiger partial charge in [0.15, 0.2) is 11.5 Å². The molecule has 0 spiro atoms. The molecule has 4 rings (SSSR count). The fourth-order valence-corrected chi connectivity index (χ4v) is 4.70. The summed E-state index contributed by atoms with van der Waals surface area (Å²) in [5.74, 6) is 0.427. The van der Waals surface area contributed by atoms with E-state index >= 15 is 0 Å². The Kier molecular flexibility index (Phi) is 8.97. The summed E-state index contributed by atoms with van der Waals surface area (Å²) in [5, 5.41) is 0.530. The number of rotatable bonds is 10. The molecule has 3 aromatic rings. The highest BCUT2D eigenvalue weighted by molar-refractivity contribution is 8.18. The summed E-state index contributed by atoms with van der Waals surface area (Å²) in [4.78, 5) is 26.7. The van der Waals surface area contributed by atoms with Crippen molar-refractivity contribution in [3.8, 4) is 17.2 Å². The van der Waals surface area contributed by atoms with E-state index in [0.717, 1.165) is 22.2 Å². The maximum absolute atomic E-state index is 13.0. The van der Waals surface area contributed by atoms with Gasteiger partial charge in [0.2, 0.25) is 0 Å². The second-order valence-electron chi connectivity index (χ2n) is 7.81. The number of amides is 2. The molecule has 0 unspecified atom stereocenters. The van der Waals surface area contributed by atoms with Gasteiger partial charge < -0.3 is 14.2 Å². The van der Waals surface area contributed by atoms with Crippen molar-refractivity contribution in [1.82, 2.24) is 4.90 Å². The molecule has 1 aliphatic rings. The van der Waals surface area contributed by atoms with Gasteiger partial charge in [-0.2, -0.15) is 0 Å². The summed E-state index contributed by atoms with van der Waals surface area (Å²) in [6, 6.07) is 16.1.